The number of benzene rings is 3. The monoisotopic (exact) mass is 455 g/mol. The lowest BCUT2D eigenvalue weighted by molar-refractivity contribution is 0.0942. The Morgan fingerprint density at radius 1 is 0.912 bits per heavy atom. The molecule has 0 aliphatic rings. The number of hydrogen-bond acceptors (Lipinski definition) is 4. The van der Waals surface area contributed by atoms with E-state index >= 15 is 0 Å². The highest BCUT2D eigenvalue weighted by molar-refractivity contribution is 6.00. The molecular weight excluding hydrogens is 426 g/mol. The van der Waals surface area contributed by atoms with Gasteiger partial charge in [-0.1, -0.05) is 60.7 Å². The fraction of sp³-hybridized carbons (Fsp3) is 0.214. The van der Waals surface area contributed by atoms with Crippen LogP contribution in [0.15, 0.2) is 91.1 Å². The fourth-order valence-electron chi connectivity index (χ4n) is 3.70. The molecule has 0 aliphatic carbocycles. The maximum absolute atomic E-state index is 13.1. The van der Waals surface area contributed by atoms with Crippen molar-refractivity contribution in [2.24, 2.45) is 0 Å². The number of hydrogen-bond donors (Lipinski definition) is 1. The quantitative estimate of drug-likeness (QED) is 0.326. The summed E-state index contributed by atoms with van der Waals surface area (Å²) in [5, 5.41) is 7.74. The van der Waals surface area contributed by atoms with E-state index in [1.165, 1.54) is 5.56 Å². The van der Waals surface area contributed by atoms with Gasteiger partial charge in [0.15, 0.2) is 0 Å². The van der Waals surface area contributed by atoms with Gasteiger partial charge in [0, 0.05) is 24.9 Å². The maximum atomic E-state index is 13.1. The number of nitrogens with zero attached hydrogens (tertiary/aromatic N) is 2. The van der Waals surface area contributed by atoms with Crippen molar-refractivity contribution >= 4 is 5.91 Å². The summed E-state index contributed by atoms with van der Waals surface area (Å²) >= 11 is 0. The minimum absolute atomic E-state index is 0.174. The molecule has 4 aromatic rings. The van der Waals surface area contributed by atoms with E-state index in [9.17, 15) is 4.79 Å². The molecule has 34 heavy (non-hydrogen) atoms. The largest absolute Gasteiger partial charge is 0.496 e. The normalized spacial score (nSPS) is 10.7. The number of nitrogens with one attached hydrogen (secondary N) is 1. The summed E-state index contributed by atoms with van der Waals surface area (Å²) in [6.45, 7) is 1.78. The first-order chi connectivity index (χ1) is 16.8. The van der Waals surface area contributed by atoms with Crippen LogP contribution in [0, 0.1) is 0 Å². The van der Waals surface area contributed by atoms with Crippen molar-refractivity contribution in [1.82, 2.24) is 15.1 Å². The molecule has 0 saturated carbocycles. The zero-order chi connectivity index (χ0) is 23.6. The van der Waals surface area contributed by atoms with Gasteiger partial charge in [0.1, 0.15) is 11.4 Å². The summed E-state index contributed by atoms with van der Waals surface area (Å²) in [5.41, 5.74) is 3.99. The third-order valence-corrected chi connectivity index (χ3v) is 5.47. The van der Waals surface area contributed by atoms with E-state index in [2.05, 4.69) is 17.4 Å². The Morgan fingerprint density at radius 3 is 2.38 bits per heavy atom. The van der Waals surface area contributed by atoms with E-state index in [1.54, 1.807) is 18.0 Å². The molecule has 1 N–H and O–H groups in total. The third kappa shape index (κ3) is 5.91. The highest BCUT2D eigenvalue weighted by Gasteiger charge is 2.20. The maximum Gasteiger partial charge on any atom is 0.255 e. The van der Waals surface area contributed by atoms with Crippen molar-refractivity contribution in [2.45, 2.75) is 12.8 Å². The van der Waals surface area contributed by atoms with Crippen molar-refractivity contribution in [2.75, 3.05) is 26.9 Å². The number of carbonyl (C=O) groups excluding carboxylic acids is 1. The smallest absolute Gasteiger partial charge is 0.255 e. The van der Waals surface area contributed by atoms with Crippen LogP contribution in [0.1, 0.15) is 22.3 Å². The molecule has 0 bridgehead atoms. The third-order valence-electron chi connectivity index (χ3n) is 5.47. The Kier molecular flexibility index (Phi) is 8.08. The van der Waals surface area contributed by atoms with Crippen LogP contribution in [0.5, 0.6) is 5.75 Å². The molecular formula is C28H29N3O3. The zero-order valence-corrected chi connectivity index (χ0v) is 19.3. The summed E-state index contributed by atoms with van der Waals surface area (Å²) in [6, 6.07) is 27.6. The van der Waals surface area contributed by atoms with Crippen molar-refractivity contribution in [3.8, 4) is 22.7 Å². The van der Waals surface area contributed by atoms with Gasteiger partial charge < -0.3 is 14.8 Å². The number of carbonyl (C=O) groups is 1. The summed E-state index contributed by atoms with van der Waals surface area (Å²) in [5.74, 6) is 0.494. The highest BCUT2D eigenvalue weighted by atomic mass is 16.5. The van der Waals surface area contributed by atoms with Crippen LogP contribution in [0.25, 0.3) is 16.9 Å². The standard InChI is InChI=1S/C28H29N3O3/c1-33-26-16-9-8-15-24(26)27-25(21-31(30-27)23-13-6-3-7-14-23)28(32)29-18-10-19-34-20-17-22-11-4-2-5-12-22/h2-9,11-16,21H,10,17-20H2,1H3,(H,29,32). The van der Waals surface area contributed by atoms with Gasteiger partial charge in [0.05, 0.1) is 25.0 Å². The molecule has 174 valence electrons. The summed E-state index contributed by atoms with van der Waals surface area (Å²) in [6.07, 6.45) is 3.38. The van der Waals surface area contributed by atoms with Gasteiger partial charge in [-0.2, -0.15) is 5.10 Å². The van der Waals surface area contributed by atoms with Crippen LogP contribution in [0.4, 0.5) is 0 Å². The van der Waals surface area contributed by atoms with Gasteiger partial charge in [0.25, 0.3) is 5.91 Å². The summed E-state index contributed by atoms with van der Waals surface area (Å²) in [7, 11) is 1.62. The van der Waals surface area contributed by atoms with Gasteiger partial charge in [-0.15, -0.1) is 0 Å². The lowest BCUT2D eigenvalue weighted by atomic mass is 10.1. The SMILES string of the molecule is COc1ccccc1-c1nn(-c2ccccc2)cc1C(=O)NCCCOCCc1ccccc1. The molecule has 0 aliphatic heterocycles. The molecule has 0 atom stereocenters. The van der Waals surface area contributed by atoms with E-state index in [4.69, 9.17) is 14.6 Å². The predicted octanol–water partition coefficient (Wildman–Crippen LogP) is 4.93. The van der Waals surface area contributed by atoms with E-state index in [0.717, 1.165) is 24.1 Å². The second-order valence-electron chi connectivity index (χ2n) is 7.83. The Hall–Kier alpha value is -3.90. The molecule has 0 spiro atoms. The lowest BCUT2D eigenvalue weighted by Gasteiger charge is -2.09. The highest BCUT2D eigenvalue weighted by Crippen LogP contribution is 2.31. The number of methoxy groups -OCH3 is 1. The first-order valence-electron chi connectivity index (χ1n) is 11.4. The first-order valence-corrected chi connectivity index (χ1v) is 11.4. The molecule has 0 fully saturated rings. The number of ether oxygens (including phenoxy) is 2. The molecule has 6 nitrogen and oxygen atoms in total. The van der Waals surface area contributed by atoms with Gasteiger partial charge in [-0.25, -0.2) is 4.68 Å². The Balaban J connectivity index is 1.39. The molecule has 1 amide bonds. The number of amides is 1. The molecule has 0 radical (unpaired) electrons. The number of aromatic nitrogens is 2. The molecule has 3 aromatic carbocycles. The van der Waals surface area contributed by atoms with Crippen molar-refractivity contribution < 1.29 is 14.3 Å². The van der Waals surface area contributed by atoms with E-state index in [0.29, 0.717) is 36.8 Å². The van der Waals surface area contributed by atoms with Gasteiger partial charge >= 0.3 is 0 Å². The minimum atomic E-state index is -0.174. The average molecular weight is 456 g/mol. The van der Waals surface area contributed by atoms with Gasteiger partial charge in [-0.3, -0.25) is 4.79 Å². The molecule has 1 aromatic heterocycles. The summed E-state index contributed by atoms with van der Waals surface area (Å²) < 4.78 is 13.0. The molecule has 4 rings (SSSR count). The van der Waals surface area contributed by atoms with Crippen LogP contribution >= 0.6 is 0 Å². The number of rotatable bonds is 11. The second kappa shape index (κ2) is 11.8. The van der Waals surface area contributed by atoms with Crippen LogP contribution in [-0.4, -0.2) is 42.6 Å². The van der Waals surface area contributed by atoms with Crippen molar-refractivity contribution in [3.63, 3.8) is 0 Å². The first kappa shape index (κ1) is 23.3. The van der Waals surface area contributed by atoms with Crippen LogP contribution in [0.2, 0.25) is 0 Å². The van der Waals surface area contributed by atoms with Crippen molar-refractivity contribution in [1.29, 1.82) is 0 Å². The van der Waals surface area contributed by atoms with E-state index < -0.39 is 0 Å². The molecule has 0 unspecified atom stereocenters. The van der Waals surface area contributed by atoms with Crippen LogP contribution < -0.4 is 10.1 Å². The van der Waals surface area contributed by atoms with E-state index in [-0.39, 0.29) is 5.91 Å². The van der Waals surface area contributed by atoms with Crippen LogP contribution in [0.3, 0.4) is 0 Å². The topological polar surface area (TPSA) is 65.4 Å². The van der Waals surface area contributed by atoms with Crippen LogP contribution in [-0.2, 0) is 11.2 Å². The van der Waals surface area contributed by atoms with E-state index in [1.807, 2.05) is 72.8 Å². The average Bonchev–Trinajstić information content (AvgIpc) is 3.34. The second-order valence-corrected chi connectivity index (χ2v) is 7.83. The van der Waals surface area contributed by atoms with Gasteiger partial charge in [-0.05, 0) is 42.7 Å². The Morgan fingerprint density at radius 2 is 1.62 bits per heavy atom. The fourth-order valence-corrected chi connectivity index (χ4v) is 3.70. The van der Waals surface area contributed by atoms with Gasteiger partial charge in [0.2, 0.25) is 0 Å². The number of para-hydroxylation sites is 2. The Labute approximate surface area is 200 Å². The zero-order valence-electron chi connectivity index (χ0n) is 19.3. The Bertz CT molecular complexity index is 1190. The molecule has 0 saturated heterocycles. The molecule has 6 heteroatoms. The summed E-state index contributed by atoms with van der Waals surface area (Å²) in [4.78, 5) is 13.1. The minimum Gasteiger partial charge on any atom is -0.496 e. The van der Waals surface area contributed by atoms with Crippen molar-refractivity contribution in [3.05, 3.63) is 102 Å². The predicted molar refractivity (Wildman–Crippen MR) is 133 cm³/mol. The molecule has 1 heterocycles. The lowest BCUT2D eigenvalue weighted by Crippen LogP contribution is -2.25.